The van der Waals surface area contributed by atoms with Crippen molar-refractivity contribution in [2.45, 2.75) is 26.3 Å². The van der Waals surface area contributed by atoms with E-state index in [0.717, 1.165) is 25.0 Å². The highest BCUT2D eigenvalue weighted by atomic mass is 32.2. The molecular weight excluding hydrogens is 194 g/mol. The van der Waals surface area contributed by atoms with E-state index >= 15 is 0 Å². The minimum absolute atomic E-state index is 0.640. The monoisotopic (exact) mass is 217 g/mol. The van der Waals surface area contributed by atoms with Crippen molar-refractivity contribution in [2.24, 2.45) is 11.8 Å². The highest BCUT2D eigenvalue weighted by Gasteiger charge is 2.24. The Morgan fingerprint density at radius 1 is 1.43 bits per heavy atom. The summed E-state index contributed by atoms with van der Waals surface area (Å²) < 4.78 is 5.42. The van der Waals surface area contributed by atoms with Crippen molar-refractivity contribution < 1.29 is 4.74 Å². The van der Waals surface area contributed by atoms with Crippen LogP contribution in [0.15, 0.2) is 0 Å². The first-order chi connectivity index (χ1) is 6.74. The van der Waals surface area contributed by atoms with E-state index in [-0.39, 0.29) is 0 Å². The maximum absolute atomic E-state index is 5.42. The topological polar surface area (TPSA) is 21.3 Å². The molecule has 0 saturated carbocycles. The summed E-state index contributed by atoms with van der Waals surface area (Å²) in [5, 5.41) is 3.42. The molecule has 1 aliphatic rings. The van der Waals surface area contributed by atoms with Gasteiger partial charge in [0.25, 0.3) is 0 Å². The van der Waals surface area contributed by atoms with Crippen LogP contribution in [0.4, 0.5) is 0 Å². The smallest absolute Gasteiger partial charge is 0.0510 e. The van der Waals surface area contributed by atoms with E-state index in [0.29, 0.717) is 6.04 Å². The Kier molecular flexibility index (Phi) is 5.90. The van der Waals surface area contributed by atoms with Gasteiger partial charge in [-0.2, -0.15) is 11.8 Å². The van der Waals surface area contributed by atoms with Gasteiger partial charge in [-0.1, -0.05) is 13.8 Å². The van der Waals surface area contributed by atoms with Crippen LogP contribution < -0.4 is 5.32 Å². The Balaban J connectivity index is 2.17. The fraction of sp³-hybridized carbons (Fsp3) is 1.00. The Bertz CT molecular complexity index is 146. The van der Waals surface area contributed by atoms with Gasteiger partial charge in [0.15, 0.2) is 0 Å². The van der Waals surface area contributed by atoms with Crippen LogP contribution >= 0.6 is 11.8 Å². The van der Waals surface area contributed by atoms with E-state index in [9.17, 15) is 0 Å². The zero-order valence-corrected chi connectivity index (χ0v) is 10.4. The predicted octanol–water partition coefficient (Wildman–Crippen LogP) is 2.00. The second-order valence-corrected chi connectivity index (χ2v) is 5.53. The molecule has 0 spiro atoms. The molecule has 2 unspecified atom stereocenters. The van der Waals surface area contributed by atoms with Crippen molar-refractivity contribution in [3.8, 4) is 0 Å². The third-order valence-electron chi connectivity index (χ3n) is 2.65. The van der Waals surface area contributed by atoms with Crippen LogP contribution in [-0.4, -0.2) is 37.8 Å². The van der Waals surface area contributed by atoms with Gasteiger partial charge in [-0.25, -0.2) is 0 Å². The highest BCUT2D eigenvalue weighted by molar-refractivity contribution is 7.99. The van der Waals surface area contributed by atoms with Gasteiger partial charge in [0.1, 0.15) is 0 Å². The third kappa shape index (κ3) is 4.20. The van der Waals surface area contributed by atoms with Crippen LogP contribution in [0.3, 0.4) is 0 Å². The molecule has 1 heterocycles. The standard InChI is InChI=1S/C11H23NOS/c1-9(2)7-14-8-11(12-3)10-4-5-13-6-10/h9-12H,4-8H2,1-3H3. The number of nitrogens with one attached hydrogen (secondary N) is 1. The molecule has 1 aliphatic heterocycles. The summed E-state index contributed by atoms with van der Waals surface area (Å²) in [6, 6.07) is 0.640. The summed E-state index contributed by atoms with van der Waals surface area (Å²) in [5.74, 6) is 4.03. The minimum Gasteiger partial charge on any atom is -0.381 e. The Morgan fingerprint density at radius 3 is 2.71 bits per heavy atom. The summed E-state index contributed by atoms with van der Waals surface area (Å²) in [4.78, 5) is 0. The molecule has 1 fully saturated rings. The Labute approximate surface area is 92.2 Å². The fourth-order valence-corrected chi connectivity index (χ4v) is 3.06. The SMILES string of the molecule is CNC(CSCC(C)C)C1CCOC1. The molecule has 0 bridgehead atoms. The summed E-state index contributed by atoms with van der Waals surface area (Å²) >= 11 is 2.06. The lowest BCUT2D eigenvalue weighted by atomic mass is 10.0. The molecule has 0 amide bonds. The fourth-order valence-electron chi connectivity index (χ4n) is 1.76. The normalized spacial score (nSPS) is 24.4. The van der Waals surface area contributed by atoms with Crippen molar-refractivity contribution in [1.29, 1.82) is 0 Å². The molecule has 2 nitrogen and oxygen atoms in total. The van der Waals surface area contributed by atoms with E-state index < -0.39 is 0 Å². The van der Waals surface area contributed by atoms with Crippen LogP contribution in [0.1, 0.15) is 20.3 Å². The second kappa shape index (κ2) is 6.70. The molecule has 14 heavy (non-hydrogen) atoms. The molecule has 0 radical (unpaired) electrons. The molecule has 0 aromatic carbocycles. The first kappa shape index (κ1) is 12.3. The molecule has 2 atom stereocenters. The van der Waals surface area contributed by atoms with Crippen LogP contribution in [0.5, 0.6) is 0 Å². The zero-order valence-electron chi connectivity index (χ0n) is 9.58. The first-order valence-electron chi connectivity index (χ1n) is 5.56. The number of hydrogen-bond donors (Lipinski definition) is 1. The molecule has 3 heteroatoms. The molecule has 0 aromatic heterocycles. The van der Waals surface area contributed by atoms with Crippen molar-refractivity contribution in [3.05, 3.63) is 0 Å². The summed E-state index contributed by atoms with van der Waals surface area (Å²) in [7, 11) is 2.07. The molecular formula is C11H23NOS. The van der Waals surface area contributed by atoms with Gasteiger partial charge in [-0.05, 0) is 25.1 Å². The van der Waals surface area contributed by atoms with Gasteiger partial charge < -0.3 is 10.1 Å². The number of hydrogen-bond acceptors (Lipinski definition) is 3. The van der Waals surface area contributed by atoms with Gasteiger partial charge in [0.05, 0.1) is 6.61 Å². The van der Waals surface area contributed by atoms with Crippen molar-refractivity contribution in [1.82, 2.24) is 5.32 Å². The Hall–Kier alpha value is 0.270. The van der Waals surface area contributed by atoms with Crippen LogP contribution in [0.2, 0.25) is 0 Å². The highest BCUT2D eigenvalue weighted by Crippen LogP contribution is 2.20. The lowest BCUT2D eigenvalue weighted by molar-refractivity contribution is 0.180. The van der Waals surface area contributed by atoms with Crippen molar-refractivity contribution in [2.75, 3.05) is 31.8 Å². The quantitative estimate of drug-likeness (QED) is 0.735. The minimum atomic E-state index is 0.640. The summed E-state index contributed by atoms with van der Waals surface area (Å²) in [6.07, 6.45) is 1.23. The van der Waals surface area contributed by atoms with Crippen LogP contribution in [-0.2, 0) is 4.74 Å². The van der Waals surface area contributed by atoms with Crippen molar-refractivity contribution >= 4 is 11.8 Å². The molecule has 1 saturated heterocycles. The van der Waals surface area contributed by atoms with Gasteiger partial charge >= 0.3 is 0 Å². The van der Waals surface area contributed by atoms with E-state index in [1.54, 1.807) is 0 Å². The van der Waals surface area contributed by atoms with Crippen LogP contribution in [0, 0.1) is 11.8 Å². The third-order valence-corrected chi connectivity index (χ3v) is 4.15. The average molecular weight is 217 g/mol. The molecule has 1 N–H and O–H groups in total. The van der Waals surface area contributed by atoms with Gasteiger partial charge in [-0.15, -0.1) is 0 Å². The predicted molar refractivity (Wildman–Crippen MR) is 63.9 cm³/mol. The summed E-state index contributed by atoms with van der Waals surface area (Å²) in [5.41, 5.74) is 0. The number of rotatable bonds is 6. The lowest BCUT2D eigenvalue weighted by Crippen LogP contribution is -2.36. The average Bonchev–Trinajstić information content (AvgIpc) is 2.64. The maximum Gasteiger partial charge on any atom is 0.0510 e. The van der Waals surface area contributed by atoms with Crippen LogP contribution in [0.25, 0.3) is 0 Å². The largest absolute Gasteiger partial charge is 0.381 e. The Morgan fingerprint density at radius 2 is 2.21 bits per heavy atom. The zero-order chi connectivity index (χ0) is 10.4. The van der Waals surface area contributed by atoms with Crippen molar-refractivity contribution in [3.63, 3.8) is 0 Å². The number of thioether (sulfide) groups is 1. The van der Waals surface area contributed by atoms with E-state index in [1.165, 1.54) is 17.9 Å². The number of ether oxygens (including phenoxy) is 1. The molecule has 1 rings (SSSR count). The van der Waals surface area contributed by atoms with Gasteiger partial charge in [0.2, 0.25) is 0 Å². The molecule has 84 valence electrons. The maximum atomic E-state index is 5.42. The van der Waals surface area contributed by atoms with E-state index in [1.807, 2.05) is 0 Å². The van der Waals surface area contributed by atoms with E-state index in [4.69, 9.17) is 4.74 Å². The lowest BCUT2D eigenvalue weighted by Gasteiger charge is -2.21. The van der Waals surface area contributed by atoms with E-state index in [2.05, 4.69) is 38.0 Å². The second-order valence-electron chi connectivity index (χ2n) is 4.45. The molecule has 0 aliphatic carbocycles. The molecule has 0 aromatic rings. The first-order valence-corrected chi connectivity index (χ1v) is 6.72. The van der Waals surface area contributed by atoms with Gasteiger partial charge in [0, 0.05) is 24.3 Å². The van der Waals surface area contributed by atoms with Gasteiger partial charge in [-0.3, -0.25) is 0 Å². The summed E-state index contributed by atoms with van der Waals surface area (Å²) in [6.45, 7) is 6.46.